The fourth-order valence-corrected chi connectivity index (χ4v) is 2.08. The molecule has 1 aliphatic rings. The summed E-state index contributed by atoms with van der Waals surface area (Å²) in [5.41, 5.74) is 1.28. The van der Waals surface area contributed by atoms with Crippen molar-refractivity contribution in [3.63, 3.8) is 0 Å². The van der Waals surface area contributed by atoms with E-state index in [1.807, 2.05) is 19.1 Å². The van der Waals surface area contributed by atoms with E-state index in [-0.39, 0.29) is 17.6 Å². The Morgan fingerprint density at radius 3 is 2.82 bits per heavy atom. The van der Waals surface area contributed by atoms with E-state index < -0.39 is 0 Å². The van der Waals surface area contributed by atoms with E-state index in [0.29, 0.717) is 5.69 Å². The zero-order valence-electron chi connectivity index (χ0n) is 9.99. The lowest BCUT2D eigenvalue weighted by Gasteiger charge is -2.22. The fourth-order valence-electron chi connectivity index (χ4n) is 2.08. The van der Waals surface area contributed by atoms with Crippen LogP contribution in [0.5, 0.6) is 5.75 Å². The largest absolute Gasteiger partial charge is 0.505 e. The maximum absolute atomic E-state index is 12.0. The van der Waals surface area contributed by atoms with Crippen LogP contribution in [-0.2, 0) is 4.79 Å². The predicted molar refractivity (Wildman–Crippen MR) is 67.1 cm³/mol. The number of carbonyl (C=O) groups excluding carboxylic acids is 1. The maximum atomic E-state index is 12.0. The van der Waals surface area contributed by atoms with Crippen molar-refractivity contribution in [1.82, 2.24) is 5.32 Å². The predicted octanol–water partition coefficient (Wildman–Crippen LogP) is 1.64. The second-order valence-electron chi connectivity index (χ2n) is 4.48. The van der Waals surface area contributed by atoms with Gasteiger partial charge in [-0.05, 0) is 44.5 Å². The highest BCUT2D eigenvalue weighted by Crippen LogP contribution is 2.27. The normalized spacial score (nSPS) is 16.8. The number of piperidine rings is 1. The third-order valence-corrected chi connectivity index (χ3v) is 3.21. The lowest BCUT2D eigenvalue weighted by molar-refractivity contribution is -0.120. The van der Waals surface area contributed by atoms with Crippen molar-refractivity contribution in [2.24, 2.45) is 5.92 Å². The van der Waals surface area contributed by atoms with E-state index in [9.17, 15) is 9.90 Å². The van der Waals surface area contributed by atoms with E-state index in [1.54, 1.807) is 6.07 Å². The molecule has 0 spiro atoms. The molecule has 1 aromatic carbocycles. The Morgan fingerprint density at radius 1 is 1.41 bits per heavy atom. The first kappa shape index (κ1) is 11.9. The van der Waals surface area contributed by atoms with Crippen LogP contribution >= 0.6 is 0 Å². The Kier molecular flexibility index (Phi) is 3.64. The Morgan fingerprint density at radius 2 is 2.12 bits per heavy atom. The summed E-state index contributed by atoms with van der Waals surface area (Å²) >= 11 is 0. The van der Waals surface area contributed by atoms with Gasteiger partial charge in [0.25, 0.3) is 0 Å². The molecule has 1 aliphatic heterocycles. The summed E-state index contributed by atoms with van der Waals surface area (Å²) in [5.74, 6) is 0.221. The lowest BCUT2D eigenvalue weighted by Crippen LogP contribution is -2.34. The Labute approximate surface area is 101 Å². The number of anilines is 1. The van der Waals surface area contributed by atoms with E-state index in [4.69, 9.17) is 0 Å². The molecule has 92 valence electrons. The molecule has 1 saturated heterocycles. The average Bonchev–Trinajstić information content (AvgIpc) is 2.36. The number of benzene rings is 1. The first-order valence-corrected chi connectivity index (χ1v) is 5.98. The fraction of sp³-hybridized carbons (Fsp3) is 0.462. The molecule has 0 aromatic heterocycles. The molecule has 3 N–H and O–H groups in total. The van der Waals surface area contributed by atoms with Crippen LogP contribution < -0.4 is 10.6 Å². The molecule has 1 heterocycles. The molecule has 0 bridgehead atoms. The molecule has 0 aliphatic carbocycles. The van der Waals surface area contributed by atoms with Gasteiger partial charge in [0.1, 0.15) is 5.75 Å². The molecule has 0 unspecified atom stereocenters. The smallest absolute Gasteiger partial charge is 0.227 e. The highest BCUT2D eigenvalue weighted by atomic mass is 16.3. The number of phenolic OH excluding ortho intramolecular Hbond substituents is 1. The van der Waals surface area contributed by atoms with Crippen molar-refractivity contribution in [2.45, 2.75) is 19.8 Å². The van der Waals surface area contributed by atoms with Crippen molar-refractivity contribution in [2.75, 3.05) is 18.4 Å². The number of hydrogen-bond donors (Lipinski definition) is 3. The van der Waals surface area contributed by atoms with Gasteiger partial charge in [0.2, 0.25) is 5.91 Å². The number of aromatic hydroxyl groups is 1. The van der Waals surface area contributed by atoms with Crippen LogP contribution in [0, 0.1) is 12.8 Å². The summed E-state index contributed by atoms with van der Waals surface area (Å²) in [6.07, 6.45) is 1.72. The van der Waals surface area contributed by atoms with Crippen LogP contribution in [0.1, 0.15) is 18.4 Å². The third kappa shape index (κ3) is 2.77. The minimum absolute atomic E-state index is 0.00685. The number of amides is 1. The Bertz CT molecular complexity index is 412. The number of phenols is 1. The standard InChI is InChI=1S/C13H18N2O2/c1-9-3-2-4-11(12(9)16)15-13(17)10-5-7-14-8-6-10/h2-4,10,14,16H,5-8H2,1H3,(H,15,17). The zero-order valence-corrected chi connectivity index (χ0v) is 9.99. The molecular weight excluding hydrogens is 216 g/mol. The van der Waals surface area contributed by atoms with Gasteiger partial charge in [-0.2, -0.15) is 0 Å². The van der Waals surface area contributed by atoms with Crippen LogP contribution in [-0.4, -0.2) is 24.1 Å². The van der Waals surface area contributed by atoms with Gasteiger partial charge in [0, 0.05) is 5.92 Å². The number of hydrogen-bond acceptors (Lipinski definition) is 3. The summed E-state index contributed by atoms with van der Waals surface area (Å²) in [5, 5.41) is 15.8. The summed E-state index contributed by atoms with van der Waals surface area (Å²) in [6.45, 7) is 3.59. The van der Waals surface area contributed by atoms with E-state index in [1.165, 1.54) is 0 Å². The summed E-state index contributed by atoms with van der Waals surface area (Å²) in [6, 6.07) is 5.37. The number of aryl methyl sites for hydroxylation is 1. The molecule has 0 radical (unpaired) electrons. The van der Waals surface area contributed by atoms with Gasteiger partial charge in [0.05, 0.1) is 5.69 Å². The third-order valence-electron chi connectivity index (χ3n) is 3.21. The second-order valence-corrected chi connectivity index (χ2v) is 4.48. The van der Waals surface area contributed by atoms with Crippen LogP contribution in [0.2, 0.25) is 0 Å². The van der Waals surface area contributed by atoms with Gasteiger partial charge in [-0.15, -0.1) is 0 Å². The van der Waals surface area contributed by atoms with Crippen molar-refractivity contribution in [3.05, 3.63) is 23.8 Å². The minimum atomic E-state index is 0.00685. The first-order valence-electron chi connectivity index (χ1n) is 5.98. The molecule has 0 atom stereocenters. The van der Waals surface area contributed by atoms with Crippen LogP contribution in [0.4, 0.5) is 5.69 Å². The number of carbonyl (C=O) groups is 1. The van der Waals surface area contributed by atoms with Crippen LogP contribution in [0.15, 0.2) is 18.2 Å². The lowest BCUT2D eigenvalue weighted by atomic mass is 9.97. The molecule has 17 heavy (non-hydrogen) atoms. The van der Waals surface area contributed by atoms with E-state index >= 15 is 0 Å². The van der Waals surface area contributed by atoms with Crippen LogP contribution in [0.3, 0.4) is 0 Å². The van der Waals surface area contributed by atoms with Crippen molar-refractivity contribution in [1.29, 1.82) is 0 Å². The van der Waals surface area contributed by atoms with E-state index in [0.717, 1.165) is 31.5 Å². The monoisotopic (exact) mass is 234 g/mol. The van der Waals surface area contributed by atoms with Gasteiger partial charge in [-0.25, -0.2) is 0 Å². The van der Waals surface area contributed by atoms with Gasteiger partial charge in [0.15, 0.2) is 0 Å². The molecular formula is C13H18N2O2. The van der Waals surface area contributed by atoms with Crippen molar-refractivity contribution >= 4 is 11.6 Å². The minimum Gasteiger partial charge on any atom is -0.505 e. The first-order chi connectivity index (χ1) is 8.18. The van der Waals surface area contributed by atoms with Crippen molar-refractivity contribution in [3.8, 4) is 5.75 Å². The van der Waals surface area contributed by atoms with E-state index in [2.05, 4.69) is 10.6 Å². The SMILES string of the molecule is Cc1cccc(NC(=O)C2CCNCC2)c1O. The molecule has 0 saturated carbocycles. The van der Waals surface area contributed by atoms with Gasteiger partial charge in [-0.1, -0.05) is 12.1 Å². The van der Waals surface area contributed by atoms with Gasteiger partial charge >= 0.3 is 0 Å². The molecule has 1 aromatic rings. The highest BCUT2D eigenvalue weighted by Gasteiger charge is 2.21. The molecule has 4 nitrogen and oxygen atoms in total. The van der Waals surface area contributed by atoms with Gasteiger partial charge in [-0.3, -0.25) is 4.79 Å². The second kappa shape index (κ2) is 5.19. The van der Waals surface area contributed by atoms with Crippen LogP contribution in [0.25, 0.3) is 0 Å². The summed E-state index contributed by atoms with van der Waals surface area (Å²) in [4.78, 5) is 12.0. The average molecular weight is 234 g/mol. The highest BCUT2D eigenvalue weighted by molar-refractivity contribution is 5.94. The van der Waals surface area contributed by atoms with Gasteiger partial charge < -0.3 is 15.7 Å². The quantitative estimate of drug-likeness (QED) is 0.682. The Balaban J connectivity index is 2.04. The molecule has 1 amide bonds. The number of nitrogens with one attached hydrogen (secondary N) is 2. The molecule has 4 heteroatoms. The Hall–Kier alpha value is -1.55. The maximum Gasteiger partial charge on any atom is 0.227 e. The molecule has 2 rings (SSSR count). The summed E-state index contributed by atoms with van der Waals surface area (Å²) in [7, 11) is 0. The number of rotatable bonds is 2. The topological polar surface area (TPSA) is 61.4 Å². The molecule has 1 fully saturated rings. The van der Waals surface area contributed by atoms with Crippen molar-refractivity contribution < 1.29 is 9.90 Å². The summed E-state index contributed by atoms with van der Waals surface area (Å²) < 4.78 is 0. The zero-order chi connectivity index (χ0) is 12.3. The number of para-hydroxylation sites is 1.